The molecule has 0 aliphatic heterocycles. The van der Waals surface area contributed by atoms with Crippen molar-refractivity contribution >= 4 is 38.8 Å². The van der Waals surface area contributed by atoms with Gasteiger partial charge in [-0.1, -0.05) is 18.2 Å². The number of sulfone groups is 1. The van der Waals surface area contributed by atoms with Crippen LogP contribution in [0.3, 0.4) is 0 Å². The second-order valence-corrected chi connectivity index (χ2v) is 10.3. The van der Waals surface area contributed by atoms with E-state index in [4.69, 9.17) is 0 Å². The zero-order valence-corrected chi connectivity index (χ0v) is 17.7. The summed E-state index contributed by atoms with van der Waals surface area (Å²) in [5.41, 5.74) is 1.63. The number of benzene rings is 1. The van der Waals surface area contributed by atoms with Gasteiger partial charge in [0.05, 0.1) is 22.8 Å². The van der Waals surface area contributed by atoms with Crippen LogP contribution in [-0.2, 0) is 16.4 Å². The lowest BCUT2D eigenvalue weighted by molar-refractivity contribution is 0.0947. The van der Waals surface area contributed by atoms with Crippen molar-refractivity contribution in [3.05, 3.63) is 76.1 Å². The van der Waals surface area contributed by atoms with Crippen molar-refractivity contribution < 1.29 is 13.2 Å². The highest BCUT2D eigenvalue weighted by atomic mass is 32.2. The Morgan fingerprint density at radius 2 is 1.96 bits per heavy atom. The molecule has 1 aromatic carbocycles. The van der Waals surface area contributed by atoms with Gasteiger partial charge in [0, 0.05) is 16.8 Å². The predicted molar refractivity (Wildman–Crippen MR) is 114 cm³/mol. The third-order valence-corrected chi connectivity index (χ3v) is 7.97. The first-order valence-electron chi connectivity index (χ1n) is 8.63. The number of aromatic nitrogens is 1. The molecule has 0 unspecified atom stereocenters. The van der Waals surface area contributed by atoms with E-state index < -0.39 is 9.84 Å². The molecule has 0 spiro atoms. The lowest BCUT2D eigenvalue weighted by atomic mass is 10.2. The SMILES string of the molecule is Cc1csc(CNC(=O)c2cccnc2SCCS(=O)(=O)c2ccccc2)c1. The molecule has 0 radical (unpaired) electrons. The zero-order valence-electron chi connectivity index (χ0n) is 15.3. The van der Waals surface area contributed by atoms with E-state index in [1.165, 1.54) is 17.3 Å². The van der Waals surface area contributed by atoms with Crippen molar-refractivity contribution in [1.29, 1.82) is 0 Å². The van der Waals surface area contributed by atoms with Crippen LogP contribution in [0.25, 0.3) is 0 Å². The first kappa shape index (κ1) is 20.6. The largest absolute Gasteiger partial charge is 0.347 e. The number of thioether (sulfide) groups is 1. The number of amides is 1. The Morgan fingerprint density at radius 1 is 1.18 bits per heavy atom. The lowest BCUT2D eigenvalue weighted by Crippen LogP contribution is -2.23. The van der Waals surface area contributed by atoms with Crippen molar-refractivity contribution in [3.63, 3.8) is 0 Å². The molecule has 0 saturated carbocycles. The fourth-order valence-electron chi connectivity index (χ4n) is 2.52. The van der Waals surface area contributed by atoms with E-state index in [9.17, 15) is 13.2 Å². The first-order chi connectivity index (χ1) is 13.5. The van der Waals surface area contributed by atoms with Gasteiger partial charge in [0.2, 0.25) is 0 Å². The summed E-state index contributed by atoms with van der Waals surface area (Å²) in [5.74, 6) is 0.0828. The molecule has 0 saturated heterocycles. The molecule has 8 heteroatoms. The van der Waals surface area contributed by atoms with Crippen molar-refractivity contribution in [1.82, 2.24) is 10.3 Å². The topological polar surface area (TPSA) is 76.1 Å². The van der Waals surface area contributed by atoms with Gasteiger partial charge in [-0.25, -0.2) is 13.4 Å². The maximum absolute atomic E-state index is 12.5. The summed E-state index contributed by atoms with van der Waals surface area (Å²) in [4.78, 5) is 18.2. The third kappa shape index (κ3) is 5.43. The number of nitrogens with zero attached hydrogens (tertiary/aromatic N) is 1. The highest BCUT2D eigenvalue weighted by molar-refractivity contribution is 8.00. The summed E-state index contributed by atoms with van der Waals surface area (Å²) in [6.45, 7) is 2.47. The number of hydrogen-bond donors (Lipinski definition) is 1. The number of carbonyl (C=O) groups excluding carboxylic acids is 1. The van der Waals surface area contributed by atoms with Crippen molar-refractivity contribution in [3.8, 4) is 0 Å². The Morgan fingerprint density at radius 3 is 2.68 bits per heavy atom. The maximum atomic E-state index is 12.5. The summed E-state index contributed by atoms with van der Waals surface area (Å²) >= 11 is 2.88. The summed E-state index contributed by atoms with van der Waals surface area (Å²) in [6.07, 6.45) is 1.60. The molecular weight excluding hydrogens is 412 g/mol. The second kappa shape index (κ2) is 9.36. The van der Waals surface area contributed by atoms with Crippen LogP contribution in [0.1, 0.15) is 20.8 Å². The number of hydrogen-bond acceptors (Lipinski definition) is 6. The van der Waals surface area contributed by atoms with Gasteiger partial charge in [-0.15, -0.1) is 23.1 Å². The smallest absolute Gasteiger partial charge is 0.254 e. The highest BCUT2D eigenvalue weighted by Gasteiger charge is 2.16. The molecule has 0 fully saturated rings. The molecule has 5 nitrogen and oxygen atoms in total. The third-order valence-electron chi connectivity index (χ3n) is 3.92. The van der Waals surface area contributed by atoms with E-state index in [2.05, 4.69) is 10.3 Å². The summed E-state index contributed by atoms with van der Waals surface area (Å²) in [7, 11) is -3.36. The lowest BCUT2D eigenvalue weighted by Gasteiger charge is -2.09. The number of aryl methyl sites for hydroxylation is 1. The normalized spacial score (nSPS) is 11.3. The molecule has 0 atom stereocenters. The molecule has 1 amide bonds. The fraction of sp³-hybridized carbons (Fsp3) is 0.200. The number of thiophene rings is 1. The van der Waals surface area contributed by atoms with Gasteiger partial charge >= 0.3 is 0 Å². The standard InChI is InChI=1S/C20H20N2O3S3/c1-15-12-16(27-14-15)13-22-19(23)18-8-5-9-21-20(18)26-10-11-28(24,25)17-6-3-2-4-7-17/h2-9,12,14H,10-11,13H2,1H3,(H,22,23). The number of pyridine rings is 1. The minimum Gasteiger partial charge on any atom is -0.347 e. The molecule has 28 heavy (non-hydrogen) atoms. The first-order valence-corrected chi connectivity index (χ1v) is 12.2. The van der Waals surface area contributed by atoms with E-state index in [0.29, 0.717) is 27.8 Å². The molecule has 146 valence electrons. The van der Waals surface area contributed by atoms with E-state index in [0.717, 1.165) is 4.88 Å². The number of carbonyl (C=O) groups is 1. The summed E-state index contributed by atoms with van der Waals surface area (Å²) < 4.78 is 24.8. The minimum absolute atomic E-state index is 0.0201. The Labute approximate surface area is 173 Å². The van der Waals surface area contributed by atoms with Crippen molar-refractivity contribution in [2.75, 3.05) is 11.5 Å². The number of nitrogens with one attached hydrogen (secondary N) is 1. The Hall–Kier alpha value is -2.16. The highest BCUT2D eigenvalue weighted by Crippen LogP contribution is 2.22. The van der Waals surface area contributed by atoms with E-state index in [1.807, 2.05) is 18.4 Å². The van der Waals surface area contributed by atoms with Gasteiger partial charge in [-0.2, -0.15) is 0 Å². The molecule has 3 aromatic rings. The van der Waals surface area contributed by atoms with Crippen LogP contribution >= 0.6 is 23.1 Å². The maximum Gasteiger partial charge on any atom is 0.254 e. The monoisotopic (exact) mass is 432 g/mol. The van der Waals surface area contributed by atoms with Crippen LogP contribution < -0.4 is 5.32 Å². The van der Waals surface area contributed by atoms with Gasteiger partial charge < -0.3 is 5.32 Å². The van der Waals surface area contributed by atoms with E-state index >= 15 is 0 Å². The van der Waals surface area contributed by atoms with E-state index in [1.54, 1.807) is 60.0 Å². The van der Waals surface area contributed by atoms with Gasteiger partial charge in [-0.3, -0.25) is 4.79 Å². The molecule has 0 aliphatic carbocycles. The molecular formula is C20H20N2O3S3. The molecule has 2 heterocycles. The summed E-state index contributed by atoms with van der Waals surface area (Å²) in [6, 6.07) is 13.8. The van der Waals surface area contributed by atoms with Crippen LogP contribution in [0, 0.1) is 6.92 Å². The van der Waals surface area contributed by atoms with Crippen LogP contribution in [0.4, 0.5) is 0 Å². The Balaban J connectivity index is 1.61. The molecule has 1 N–H and O–H groups in total. The van der Waals surface area contributed by atoms with Crippen LogP contribution in [-0.4, -0.2) is 30.8 Å². The average Bonchev–Trinajstić information content (AvgIpc) is 3.12. The number of rotatable bonds is 8. The Bertz CT molecular complexity index is 1050. The summed E-state index contributed by atoms with van der Waals surface area (Å²) in [5, 5.41) is 5.48. The quantitative estimate of drug-likeness (QED) is 0.546. The van der Waals surface area contributed by atoms with Gasteiger partial charge in [-0.05, 0) is 48.2 Å². The predicted octanol–water partition coefficient (Wildman–Crippen LogP) is 3.95. The van der Waals surface area contributed by atoms with Crippen LogP contribution in [0.15, 0.2) is 70.0 Å². The van der Waals surface area contributed by atoms with Gasteiger partial charge in [0.1, 0.15) is 5.03 Å². The fourth-order valence-corrected chi connectivity index (χ4v) is 6.00. The van der Waals surface area contributed by atoms with Crippen LogP contribution in [0.5, 0.6) is 0 Å². The molecule has 3 rings (SSSR count). The molecule has 0 aliphatic rings. The van der Waals surface area contributed by atoms with Crippen molar-refractivity contribution in [2.24, 2.45) is 0 Å². The minimum atomic E-state index is -3.36. The average molecular weight is 433 g/mol. The second-order valence-electron chi connectivity index (χ2n) is 6.11. The van der Waals surface area contributed by atoms with Crippen molar-refractivity contribution in [2.45, 2.75) is 23.4 Å². The van der Waals surface area contributed by atoms with Gasteiger partial charge in [0.15, 0.2) is 9.84 Å². The van der Waals surface area contributed by atoms with E-state index in [-0.39, 0.29) is 11.7 Å². The molecule has 2 aromatic heterocycles. The molecule has 0 bridgehead atoms. The van der Waals surface area contributed by atoms with Gasteiger partial charge in [0.25, 0.3) is 5.91 Å². The van der Waals surface area contributed by atoms with Crippen LogP contribution in [0.2, 0.25) is 0 Å². The zero-order chi connectivity index (χ0) is 20.0. The Kier molecular flexibility index (Phi) is 6.88.